The molecular formula is C46H85N3O15P2. The average Bonchev–Trinajstić information content (AvgIpc) is 3.52. The van der Waals surface area contributed by atoms with E-state index in [0.29, 0.717) is 12.8 Å². The third kappa shape index (κ3) is 28.3. The van der Waals surface area contributed by atoms with Crippen molar-refractivity contribution in [3.05, 3.63) is 22.7 Å². The molecule has 0 amide bonds. The molecule has 0 spiro atoms. The van der Waals surface area contributed by atoms with Crippen molar-refractivity contribution in [3.8, 4) is 0 Å². The van der Waals surface area contributed by atoms with E-state index in [1.54, 1.807) is 0 Å². The summed E-state index contributed by atoms with van der Waals surface area (Å²) in [7, 11) is -10.8. The minimum Gasteiger partial charge on any atom is -0.462 e. The maximum atomic E-state index is 12.8. The summed E-state index contributed by atoms with van der Waals surface area (Å²) in [5.41, 5.74) is 4.59. The monoisotopic (exact) mass is 982 g/mol. The number of nitrogens with zero attached hydrogens (tertiary/aromatic N) is 2. The number of carbonyl (C=O) groups is 2. The van der Waals surface area contributed by atoms with Gasteiger partial charge in [-0.1, -0.05) is 169 Å². The van der Waals surface area contributed by atoms with Gasteiger partial charge in [-0.2, -0.15) is 9.29 Å². The van der Waals surface area contributed by atoms with E-state index in [9.17, 15) is 43.5 Å². The lowest BCUT2D eigenvalue weighted by atomic mass is 10.0. The van der Waals surface area contributed by atoms with E-state index < -0.39 is 83.7 Å². The second kappa shape index (κ2) is 34.1. The molecule has 1 fully saturated rings. The number of carbonyl (C=O) groups excluding carboxylic acids is 2. The fraction of sp³-hybridized carbons (Fsp3) is 0.870. The molecule has 3 unspecified atom stereocenters. The van der Waals surface area contributed by atoms with E-state index in [0.717, 1.165) is 67.8 Å². The molecule has 66 heavy (non-hydrogen) atoms. The number of hydrogen-bond donors (Lipinski definition) is 5. The number of nitrogens with two attached hydrogens (primary N) is 1. The standard InChI is InChI=1S/C46H85N3O15P2/c1-36(2)27-23-19-15-11-7-5-6-8-14-18-22-26-30-42(51)62-38(33-59-41(50)29-25-21-17-13-10-9-12-16-20-24-28-37(3)4)34-60-65(55,56)64-66(57,58)61-35-39-43(52)44(53)45(63-39)49-32-31-40(47)48-46(49)54/h31-32,36-39,43-45,52-53H,5-30,33-35H2,1-4H3,(H,55,56)(H,57,58)(H2,47,48,54)/t38-,39-,43+,44?,45-/m1/s1. The molecule has 1 aromatic rings. The van der Waals surface area contributed by atoms with Crippen LogP contribution in [0, 0.1) is 11.8 Å². The predicted molar refractivity (Wildman–Crippen MR) is 252 cm³/mol. The van der Waals surface area contributed by atoms with Gasteiger partial charge in [0.15, 0.2) is 12.3 Å². The highest BCUT2D eigenvalue weighted by molar-refractivity contribution is 7.61. The first-order valence-electron chi connectivity index (χ1n) is 24.8. The van der Waals surface area contributed by atoms with Gasteiger partial charge < -0.3 is 39.9 Å². The Morgan fingerprint density at radius 1 is 0.682 bits per heavy atom. The van der Waals surface area contributed by atoms with Crippen molar-refractivity contribution in [1.29, 1.82) is 0 Å². The molecule has 0 aromatic carbocycles. The number of ether oxygens (including phenoxy) is 3. The van der Waals surface area contributed by atoms with Crippen LogP contribution in [0.1, 0.15) is 201 Å². The molecule has 384 valence electrons. The van der Waals surface area contributed by atoms with Gasteiger partial charge in [0.25, 0.3) is 0 Å². The molecule has 0 bridgehead atoms. The van der Waals surface area contributed by atoms with Crippen molar-refractivity contribution >= 4 is 33.4 Å². The lowest BCUT2D eigenvalue weighted by Gasteiger charge is -2.21. The summed E-state index contributed by atoms with van der Waals surface area (Å²) in [5, 5.41) is 20.9. The Hall–Kier alpha value is -2.24. The van der Waals surface area contributed by atoms with Crippen LogP contribution < -0.4 is 11.4 Å². The van der Waals surface area contributed by atoms with E-state index >= 15 is 0 Å². The van der Waals surface area contributed by atoms with Crippen LogP contribution in [0.2, 0.25) is 0 Å². The number of hydrogen-bond acceptors (Lipinski definition) is 15. The summed E-state index contributed by atoms with van der Waals surface area (Å²) in [6, 6.07) is 1.25. The van der Waals surface area contributed by atoms with Crippen molar-refractivity contribution in [2.75, 3.05) is 25.6 Å². The highest BCUT2D eigenvalue weighted by Gasteiger charge is 2.46. The lowest BCUT2D eigenvalue weighted by Crippen LogP contribution is -2.36. The first-order chi connectivity index (χ1) is 31.4. The van der Waals surface area contributed by atoms with Gasteiger partial charge in [-0.15, -0.1) is 0 Å². The molecule has 20 heteroatoms. The Morgan fingerprint density at radius 3 is 1.59 bits per heavy atom. The van der Waals surface area contributed by atoms with E-state index in [4.69, 9.17) is 29.0 Å². The molecule has 18 nitrogen and oxygen atoms in total. The SMILES string of the molecule is CC(C)CCCCCCCCCCCCCCC(=O)O[C@H](COC(=O)CCCCCCCCCCCCC(C)C)COP(=O)(O)OP(=O)(O)OC[C@H]1O[C@@H](n2ccc(N)nc2=O)C(O)[C@H]1O. The minimum absolute atomic E-state index is 0.0560. The maximum absolute atomic E-state index is 12.8. The molecule has 2 heterocycles. The maximum Gasteiger partial charge on any atom is 0.481 e. The second-order valence-electron chi connectivity index (χ2n) is 18.6. The van der Waals surface area contributed by atoms with Crippen molar-refractivity contribution in [2.45, 2.75) is 225 Å². The van der Waals surface area contributed by atoms with Crippen LogP contribution in [-0.4, -0.2) is 85.7 Å². The average molecular weight is 982 g/mol. The van der Waals surface area contributed by atoms with Crippen LogP contribution in [0.25, 0.3) is 0 Å². The third-order valence-corrected chi connectivity index (χ3v) is 14.1. The van der Waals surface area contributed by atoms with Gasteiger partial charge in [0.05, 0.1) is 13.2 Å². The first kappa shape index (κ1) is 59.9. The predicted octanol–water partition coefficient (Wildman–Crippen LogP) is 9.60. The van der Waals surface area contributed by atoms with Crippen molar-refractivity contribution in [3.63, 3.8) is 0 Å². The number of nitrogen functional groups attached to an aromatic ring is 1. The molecule has 7 atom stereocenters. The lowest BCUT2D eigenvalue weighted by molar-refractivity contribution is -0.161. The van der Waals surface area contributed by atoms with E-state index in [1.807, 2.05) is 0 Å². The van der Waals surface area contributed by atoms with Gasteiger partial charge in [-0.05, 0) is 30.7 Å². The molecule has 6 N–H and O–H groups in total. The Morgan fingerprint density at radius 2 is 1.12 bits per heavy atom. The number of aromatic nitrogens is 2. The number of rotatable bonds is 40. The van der Waals surface area contributed by atoms with Gasteiger partial charge in [-0.3, -0.25) is 23.2 Å². The quantitative estimate of drug-likeness (QED) is 0.0233. The van der Waals surface area contributed by atoms with Crippen LogP contribution >= 0.6 is 15.6 Å². The zero-order valence-electron chi connectivity index (χ0n) is 40.3. The molecule has 1 aromatic heterocycles. The minimum atomic E-state index is -5.42. The van der Waals surface area contributed by atoms with Gasteiger partial charge in [-0.25, -0.2) is 13.9 Å². The highest BCUT2D eigenvalue weighted by atomic mass is 31.3. The number of aliphatic hydroxyl groups is 2. The van der Waals surface area contributed by atoms with Crippen LogP contribution in [0.3, 0.4) is 0 Å². The number of unbranched alkanes of at least 4 members (excludes halogenated alkanes) is 20. The highest BCUT2D eigenvalue weighted by Crippen LogP contribution is 2.60. The summed E-state index contributed by atoms with van der Waals surface area (Å²) < 4.78 is 56.7. The van der Waals surface area contributed by atoms with Gasteiger partial charge in [0.1, 0.15) is 30.7 Å². The summed E-state index contributed by atoms with van der Waals surface area (Å²) in [6.07, 6.45) is 20.6. The van der Waals surface area contributed by atoms with Crippen LogP contribution in [-0.2, 0) is 46.3 Å². The number of phosphoric acid groups is 2. The van der Waals surface area contributed by atoms with E-state index in [-0.39, 0.29) is 18.7 Å². The third-order valence-electron chi connectivity index (χ3n) is 11.5. The van der Waals surface area contributed by atoms with Crippen LogP contribution in [0.5, 0.6) is 0 Å². The number of anilines is 1. The smallest absolute Gasteiger partial charge is 0.462 e. The van der Waals surface area contributed by atoms with Gasteiger partial charge >= 0.3 is 33.3 Å². The Bertz CT molecular complexity index is 1630. The molecular weight excluding hydrogens is 896 g/mol. The van der Waals surface area contributed by atoms with Crippen LogP contribution in [0.4, 0.5) is 5.82 Å². The molecule has 0 saturated carbocycles. The normalized spacial score (nSPS) is 19.8. The molecule has 2 rings (SSSR count). The largest absolute Gasteiger partial charge is 0.481 e. The number of esters is 2. The zero-order chi connectivity index (χ0) is 48.8. The molecule has 1 aliphatic heterocycles. The van der Waals surface area contributed by atoms with E-state index in [1.165, 1.54) is 102 Å². The Balaban J connectivity index is 1.81. The summed E-state index contributed by atoms with van der Waals surface area (Å²) >= 11 is 0. The number of phosphoric ester groups is 2. The summed E-state index contributed by atoms with van der Waals surface area (Å²) in [5.74, 6) is 0.248. The first-order valence-corrected chi connectivity index (χ1v) is 27.8. The second-order valence-corrected chi connectivity index (χ2v) is 21.7. The van der Waals surface area contributed by atoms with Gasteiger partial charge in [0, 0.05) is 19.0 Å². The number of aliphatic hydroxyl groups excluding tert-OH is 2. The molecule has 1 saturated heterocycles. The van der Waals surface area contributed by atoms with Crippen molar-refractivity contribution < 1.29 is 66.3 Å². The zero-order valence-corrected chi connectivity index (χ0v) is 42.1. The summed E-state index contributed by atoms with van der Waals surface area (Å²) in [4.78, 5) is 61.8. The fourth-order valence-corrected chi connectivity index (χ4v) is 9.79. The van der Waals surface area contributed by atoms with E-state index in [2.05, 4.69) is 37.0 Å². The molecule has 0 radical (unpaired) electrons. The topological polar surface area (TPSA) is 265 Å². The molecule has 1 aliphatic rings. The summed E-state index contributed by atoms with van der Waals surface area (Å²) in [6.45, 7) is 6.76. The fourth-order valence-electron chi connectivity index (χ4n) is 7.68. The molecule has 0 aliphatic carbocycles. The Labute approximate surface area is 393 Å². The van der Waals surface area contributed by atoms with Crippen molar-refractivity contribution in [2.24, 2.45) is 11.8 Å². The van der Waals surface area contributed by atoms with Crippen molar-refractivity contribution in [1.82, 2.24) is 9.55 Å². The van der Waals surface area contributed by atoms with Crippen LogP contribution in [0.15, 0.2) is 17.1 Å². The van der Waals surface area contributed by atoms with Gasteiger partial charge in [0.2, 0.25) is 0 Å². The Kier molecular flexibility index (Phi) is 31.0.